The fourth-order valence-corrected chi connectivity index (χ4v) is 4.54. The van der Waals surface area contributed by atoms with Gasteiger partial charge in [-0.25, -0.2) is 4.98 Å². The van der Waals surface area contributed by atoms with Crippen LogP contribution in [0.15, 0.2) is 36.7 Å². The number of rotatable bonds is 10. The Hall–Kier alpha value is -3.40. The standard InChI is InChI=1S/C26H30F2N4O4/c1-34-21-13-17(14-22(36-26(27)28)24(21)25(33)30-18-5-6-18)20-16-29-23-15-19(7-10-32(20)23)35-12-11-31-8-3-2-4-9-31/h7,10,13-16,18,26H,2-6,8-9,11-12H2,1H3,(H,30,33). The summed E-state index contributed by atoms with van der Waals surface area (Å²) in [5.74, 6) is 0.114. The lowest BCUT2D eigenvalue weighted by Crippen LogP contribution is -2.33. The van der Waals surface area contributed by atoms with Crippen LogP contribution in [-0.2, 0) is 0 Å². The van der Waals surface area contributed by atoms with E-state index in [-0.39, 0.29) is 23.1 Å². The molecule has 1 N–H and O–H groups in total. The molecule has 0 bridgehead atoms. The fourth-order valence-electron chi connectivity index (χ4n) is 4.54. The number of hydrogen-bond donors (Lipinski definition) is 1. The molecule has 3 aromatic rings. The van der Waals surface area contributed by atoms with Crippen molar-refractivity contribution in [1.29, 1.82) is 0 Å². The number of methoxy groups -OCH3 is 1. The van der Waals surface area contributed by atoms with E-state index in [4.69, 9.17) is 14.2 Å². The highest BCUT2D eigenvalue weighted by molar-refractivity contribution is 6.01. The normalized spacial score (nSPS) is 16.3. The Labute approximate surface area is 208 Å². The molecule has 8 nitrogen and oxygen atoms in total. The Morgan fingerprint density at radius 2 is 1.94 bits per heavy atom. The van der Waals surface area contributed by atoms with E-state index in [0.717, 1.165) is 32.5 Å². The van der Waals surface area contributed by atoms with Gasteiger partial charge in [0.1, 0.15) is 35.1 Å². The van der Waals surface area contributed by atoms with E-state index in [2.05, 4.69) is 15.2 Å². The van der Waals surface area contributed by atoms with Gasteiger partial charge in [-0.2, -0.15) is 8.78 Å². The van der Waals surface area contributed by atoms with Crippen molar-refractivity contribution >= 4 is 11.6 Å². The minimum Gasteiger partial charge on any atom is -0.496 e. The van der Waals surface area contributed by atoms with E-state index in [0.29, 0.717) is 29.3 Å². The predicted octanol–water partition coefficient (Wildman–Crippen LogP) is 4.37. The highest BCUT2D eigenvalue weighted by Crippen LogP contribution is 2.37. The van der Waals surface area contributed by atoms with Crippen molar-refractivity contribution in [3.05, 3.63) is 42.2 Å². The molecule has 10 heteroatoms. The van der Waals surface area contributed by atoms with Gasteiger partial charge in [0.2, 0.25) is 0 Å². The van der Waals surface area contributed by atoms with Crippen LogP contribution in [-0.4, -0.2) is 66.2 Å². The van der Waals surface area contributed by atoms with E-state index in [1.165, 1.54) is 32.4 Å². The Bertz CT molecular complexity index is 1220. The Morgan fingerprint density at radius 3 is 2.67 bits per heavy atom. The van der Waals surface area contributed by atoms with E-state index in [1.807, 2.05) is 22.7 Å². The number of amides is 1. The highest BCUT2D eigenvalue weighted by Gasteiger charge is 2.29. The van der Waals surface area contributed by atoms with Crippen LogP contribution in [0.1, 0.15) is 42.5 Å². The second-order valence-corrected chi connectivity index (χ2v) is 9.16. The minimum atomic E-state index is -3.09. The third-order valence-electron chi connectivity index (χ3n) is 6.55. The average Bonchev–Trinajstić information content (AvgIpc) is 3.58. The number of likely N-dealkylation sites (tertiary alicyclic amines) is 1. The molecule has 0 unspecified atom stereocenters. The number of imidazole rings is 1. The van der Waals surface area contributed by atoms with Crippen molar-refractivity contribution in [2.24, 2.45) is 0 Å². The lowest BCUT2D eigenvalue weighted by molar-refractivity contribution is -0.0502. The molecule has 0 spiro atoms. The molecule has 2 aliphatic rings. The van der Waals surface area contributed by atoms with Crippen molar-refractivity contribution < 1.29 is 27.8 Å². The zero-order valence-electron chi connectivity index (χ0n) is 20.2. The molecule has 1 aromatic carbocycles. The Kier molecular flexibility index (Phi) is 7.22. The van der Waals surface area contributed by atoms with Gasteiger partial charge in [0.15, 0.2) is 0 Å². The zero-order chi connectivity index (χ0) is 25.1. The highest BCUT2D eigenvalue weighted by atomic mass is 19.3. The summed E-state index contributed by atoms with van der Waals surface area (Å²) in [5.41, 5.74) is 1.76. The van der Waals surface area contributed by atoms with E-state index in [9.17, 15) is 13.6 Å². The summed E-state index contributed by atoms with van der Waals surface area (Å²) in [4.78, 5) is 19.6. The number of carbonyl (C=O) groups is 1. The molecule has 1 amide bonds. The zero-order valence-corrected chi connectivity index (χ0v) is 20.2. The maximum Gasteiger partial charge on any atom is 0.387 e. The number of benzene rings is 1. The summed E-state index contributed by atoms with van der Waals surface area (Å²) < 4.78 is 44.4. The monoisotopic (exact) mass is 500 g/mol. The summed E-state index contributed by atoms with van der Waals surface area (Å²) in [6.07, 6.45) is 8.97. The first-order chi connectivity index (χ1) is 17.5. The fraction of sp³-hybridized carbons (Fsp3) is 0.462. The Balaban J connectivity index is 1.39. The SMILES string of the molecule is COc1cc(-c2cnc3cc(OCCN4CCCCC4)ccn23)cc(OC(F)F)c1C(=O)NC1CC1. The lowest BCUT2D eigenvalue weighted by atomic mass is 10.1. The number of carbonyl (C=O) groups excluding carboxylic acids is 1. The van der Waals surface area contributed by atoms with Gasteiger partial charge in [0.25, 0.3) is 5.91 Å². The molecular weight excluding hydrogens is 470 g/mol. The number of hydrogen-bond acceptors (Lipinski definition) is 6. The second-order valence-electron chi connectivity index (χ2n) is 9.16. The number of aromatic nitrogens is 2. The van der Waals surface area contributed by atoms with Gasteiger partial charge in [0, 0.05) is 30.4 Å². The van der Waals surface area contributed by atoms with Gasteiger partial charge >= 0.3 is 6.61 Å². The molecule has 0 radical (unpaired) electrons. The van der Waals surface area contributed by atoms with Gasteiger partial charge in [0.05, 0.1) is 19.0 Å². The third kappa shape index (κ3) is 5.53. The summed E-state index contributed by atoms with van der Waals surface area (Å²) in [6, 6.07) is 6.79. The van der Waals surface area contributed by atoms with Crippen LogP contribution in [0.5, 0.6) is 17.2 Å². The first kappa shape index (κ1) is 24.3. The molecule has 5 rings (SSSR count). The maximum absolute atomic E-state index is 13.2. The summed E-state index contributed by atoms with van der Waals surface area (Å²) in [7, 11) is 1.39. The maximum atomic E-state index is 13.2. The molecule has 2 aromatic heterocycles. The van der Waals surface area contributed by atoms with Crippen molar-refractivity contribution in [3.63, 3.8) is 0 Å². The van der Waals surface area contributed by atoms with Crippen molar-refractivity contribution in [3.8, 4) is 28.5 Å². The first-order valence-corrected chi connectivity index (χ1v) is 12.3. The molecule has 1 saturated heterocycles. The summed E-state index contributed by atoms with van der Waals surface area (Å²) in [6.45, 7) is 0.628. The topological polar surface area (TPSA) is 77.3 Å². The number of alkyl halides is 2. The quantitative estimate of drug-likeness (QED) is 0.446. The number of nitrogens with zero attached hydrogens (tertiary/aromatic N) is 3. The summed E-state index contributed by atoms with van der Waals surface area (Å²) in [5, 5.41) is 2.81. The van der Waals surface area contributed by atoms with Crippen LogP contribution in [0, 0.1) is 0 Å². The van der Waals surface area contributed by atoms with Crippen LogP contribution >= 0.6 is 0 Å². The lowest BCUT2D eigenvalue weighted by Gasteiger charge is -2.26. The van der Waals surface area contributed by atoms with Crippen LogP contribution in [0.4, 0.5) is 8.78 Å². The van der Waals surface area contributed by atoms with Crippen molar-refractivity contribution in [1.82, 2.24) is 19.6 Å². The van der Waals surface area contributed by atoms with Crippen LogP contribution in [0.25, 0.3) is 16.9 Å². The molecular formula is C26H30F2N4O4. The molecule has 36 heavy (non-hydrogen) atoms. The van der Waals surface area contributed by atoms with Gasteiger partial charge in [-0.05, 0) is 57.0 Å². The van der Waals surface area contributed by atoms with Crippen molar-refractivity contribution in [2.45, 2.75) is 44.8 Å². The number of fused-ring (bicyclic) bond motifs is 1. The average molecular weight is 501 g/mol. The van der Waals surface area contributed by atoms with E-state index < -0.39 is 12.5 Å². The number of ether oxygens (including phenoxy) is 3. The van der Waals surface area contributed by atoms with Gasteiger partial charge < -0.3 is 19.5 Å². The first-order valence-electron chi connectivity index (χ1n) is 12.3. The second kappa shape index (κ2) is 10.7. The predicted molar refractivity (Wildman–Crippen MR) is 130 cm³/mol. The minimum absolute atomic E-state index is 0.0494. The largest absolute Gasteiger partial charge is 0.496 e. The van der Waals surface area contributed by atoms with Gasteiger partial charge in [-0.15, -0.1) is 0 Å². The number of piperidine rings is 1. The van der Waals surface area contributed by atoms with Gasteiger partial charge in [-0.1, -0.05) is 6.42 Å². The van der Waals surface area contributed by atoms with E-state index >= 15 is 0 Å². The van der Waals surface area contributed by atoms with Gasteiger partial charge in [-0.3, -0.25) is 14.1 Å². The van der Waals surface area contributed by atoms with E-state index in [1.54, 1.807) is 12.3 Å². The molecule has 192 valence electrons. The number of nitrogens with one attached hydrogen (secondary N) is 1. The third-order valence-corrected chi connectivity index (χ3v) is 6.55. The molecule has 1 saturated carbocycles. The molecule has 1 aliphatic heterocycles. The van der Waals surface area contributed by atoms with Crippen molar-refractivity contribution in [2.75, 3.05) is 33.4 Å². The number of halogens is 2. The van der Waals surface area contributed by atoms with Crippen LogP contribution in [0.3, 0.4) is 0 Å². The van der Waals surface area contributed by atoms with Crippen LogP contribution < -0.4 is 19.5 Å². The molecule has 1 aliphatic carbocycles. The van der Waals surface area contributed by atoms with Crippen LogP contribution in [0.2, 0.25) is 0 Å². The smallest absolute Gasteiger partial charge is 0.387 e. The summed E-state index contributed by atoms with van der Waals surface area (Å²) >= 11 is 0. The number of pyridine rings is 1. The Morgan fingerprint density at radius 1 is 1.17 bits per heavy atom. The molecule has 2 fully saturated rings. The molecule has 0 atom stereocenters. The molecule has 3 heterocycles.